The van der Waals surface area contributed by atoms with Gasteiger partial charge in [-0.15, -0.1) is 0 Å². The Hall–Kier alpha value is -0.340. The van der Waals surface area contributed by atoms with Crippen LogP contribution < -0.4 is 5.32 Å². The second kappa shape index (κ2) is 5.53. The molecule has 1 nitrogen and oxygen atoms in total. The first-order chi connectivity index (χ1) is 8.18. The summed E-state index contributed by atoms with van der Waals surface area (Å²) in [4.78, 5) is 0. The largest absolute Gasteiger partial charge is 0.315 e. The van der Waals surface area contributed by atoms with Crippen LogP contribution in [0.15, 0.2) is 28.7 Å². The van der Waals surface area contributed by atoms with Gasteiger partial charge in [0.2, 0.25) is 0 Å². The molecule has 1 aromatic rings. The van der Waals surface area contributed by atoms with Crippen molar-refractivity contribution in [1.29, 1.82) is 0 Å². The molecule has 0 saturated carbocycles. The zero-order valence-electron chi connectivity index (χ0n) is 10.8. The van der Waals surface area contributed by atoms with Gasteiger partial charge < -0.3 is 5.32 Å². The lowest BCUT2D eigenvalue weighted by molar-refractivity contribution is 0.217. The Labute approximate surface area is 113 Å². The van der Waals surface area contributed by atoms with Gasteiger partial charge in [0.05, 0.1) is 0 Å². The molecule has 2 heteroatoms. The van der Waals surface area contributed by atoms with Gasteiger partial charge in [0, 0.05) is 23.0 Å². The van der Waals surface area contributed by atoms with Crippen molar-refractivity contribution in [2.45, 2.75) is 38.5 Å². The third kappa shape index (κ3) is 2.74. The summed E-state index contributed by atoms with van der Waals surface area (Å²) in [6.07, 6.45) is 3.93. The second-order valence-electron chi connectivity index (χ2n) is 5.46. The van der Waals surface area contributed by atoms with Crippen LogP contribution in [0.25, 0.3) is 0 Å². The minimum atomic E-state index is 0.370. The summed E-state index contributed by atoms with van der Waals surface area (Å²) in [5, 5.41) is 3.45. The molecule has 0 bridgehead atoms. The summed E-state index contributed by atoms with van der Waals surface area (Å²) in [6, 6.07) is 8.71. The first-order valence-corrected chi connectivity index (χ1v) is 7.43. The molecule has 1 aliphatic rings. The highest BCUT2D eigenvalue weighted by atomic mass is 79.9. The van der Waals surface area contributed by atoms with Gasteiger partial charge >= 0.3 is 0 Å². The van der Waals surface area contributed by atoms with Crippen LogP contribution in [0.5, 0.6) is 0 Å². The van der Waals surface area contributed by atoms with Gasteiger partial charge in [-0.1, -0.05) is 60.8 Å². The molecule has 1 N–H and O–H groups in total. The third-order valence-corrected chi connectivity index (χ3v) is 4.58. The minimum Gasteiger partial charge on any atom is -0.315 e. The van der Waals surface area contributed by atoms with Gasteiger partial charge in [-0.25, -0.2) is 0 Å². The van der Waals surface area contributed by atoms with Crippen LogP contribution >= 0.6 is 15.9 Å². The maximum absolute atomic E-state index is 3.71. The molecular weight excluding hydrogens is 274 g/mol. The number of hydrogen-bond acceptors (Lipinski definition) is 1. The topological polar surface area (TPSA) is 12.0 Å². The second-order valence-corrected chi connectivity index (χ2v) is 6.32. The molecule has 0 spiro atoms. The number of benzene rings is 1. The van der Waals surface area contributed by atoms with Gasteiger partial charge in [-0.3, -0.25) is 0 Å². The summed E-state index contributed by atoms with van der Waals surface area (Å²) in [6.45, 7) is 6.92. The zero-order chi connectivity index (χ0) is 12.3. The van der Waals surface area contributed by atoms with Crippen molar-refractivity contribution in [2.75, 3.05) is 13.1 Å². The van der Waals surface area contributed by atoms with Crippen LogP contribution in [0.4, 0.5) is 0 Å². The van der Waals surface area contributed by atoms with Crippen LogP contribution in [-0.4, -0.2) is 13.1 Å². The average Bonchev–Trinajstić information content (AvgIpc) is 2.25. The fraction of sp³-hybridized carbons (Fsp3) is 0.600. The maximum atomic E-state index is 3.71. The van der Waals surface area contributed by atoms with Gasteiger partial charge in [0.15, 0.2) is 0 Å². The van der Waals surface area contributed by atoms with Crippen LogP contribution in [0.3, 0.4) is 0 Å². The Bertz CT molecular complexity index is 371. The first-order valence-electron chi connectivity index (χ1n) is 6.64. The van der Waals surface area contributed by atoms with Crippen molar-refractivity contribution < 1.29 is 0 Å². The van der Waals surface area contributed by atoms with E-state index < -0.39 is 0 Å². The molecule has 17 heavy (non-hydrogen) atoms. The summed E-state index contributed by atoms with van der Waals surface area (Å²) < 4.78 is 1.27. The molecular formula is C15H22BrN. The summed E-state index contributed by atoms with van der Waals surface area (Å²) >= 11 is 3.71. The van der Waals surface area contributed by atoms with Crippen molar-refractivity contribution in [3.8, 4) is 0 Å². The van der Waals surface area contributed by atoms with E-state index in [0.29, 0.717) is 5.41 Å². The van der Waals surface area contributed by atoms with Gasteiger partial charge in [0.1, 0.15) is 0 Å². The molecule has 0 aromatic heterocycles. The fourth-order valence-corrected chi connectivity index (χ4v) is 3.73. The molecule has 1 fully saturated rings. The van der Waals surface area contributed by atoms with Gasteiger partial charge in [-0.05, 0) is 24.0 Å². The summed E-state index contributed by atoms with van der Waals surface area (Å²) in [5.41, 5.74) is 1.86. The molecule has 0 radical (unpaired) electrons. The van der Waals surface area contributed by atoms with Crippen LogP contribution in [-0.2, 0) is 5.41 Å². The Morgan fingerprint density at radius 1 is 1.35 bits per heavy atom. The standard InChI is InChI=1S/C15H22BrN/c1-3-6-12(2)9-15(10-17-11-15)13-7-4-5-8-14(13)16/h4-5,7-8,12,17H,3,6,9-11H2,1-2H3. The van der Waals surface area contributed by atoms with E-state index >= 15 is 0 Å². The maximum Gasteiger partial charge on any atom is 0.0216 e. The highest BCUT2D eigenvalue weighted by molar-refractivity contribution is 9.10. The highest BCUT2D eigenvalue weighted by Gasteiger charge is 2.40. The van der Waals surface area contributed by atoms with E-state index in [1.165, 1.54) is 29.3 Å². The molecule has 1 aromatic carbocycles. The molecule has 1 aliphatic heterocycles. The highest BCUT2D eigenvalue weighted by Crippen LogP contribution is 2.39. The Morgan fingerprint density at radius 3 is 2.59 bits per heavy atom. The van der Waals surface area contributed by atoms with Crippen molar-refractivity contribution in [3.63, 3.8) is 0 Å². The Kier molecular flexibility index (Phi) is 4.26. The smallest absolute Gasteiger partial charge is 0.0216 e. The van der Waals surface area contributed by atoms with E-state index in [9.17, 15) is 0 Å². The number of halogens is 1. The molecule has 94 valence electrons. The molecule has 0 amide bonds. The normalized spacial score (nSPS) is 19.7. The predicted octanol–water partition coefficient (Wildman–Crippen LogP) is 4.12. The lowest BCUT2D eigenvalue weighted by Gasteiger charge is -2.45. The van der Waals surface area contributed by atoms with Crippen LogP contribution in [0.1, 0.15) is 38.7 Å². The zero-order valence-corrected chi connectivity index (χ0v) is 12.4. The van der Waals surface area contributed by atoms with Crippen LogP contribution in [0.2, 0.25) is 0 Å². The Morgan fingerprint density at radius 2 is 2.06 bits per heavy atom. The number of hydrogen-bond donors (Lipinski definition) is 1. The van der Waals surface area contributed by atoms with Crippen molar-refractivity contribution in [1.82, 2.24) is 5.32 Å². The van der Waals surface area contributed by atoms with Gasteiger partial charge in [-0.2, -0.15) is 0 Å². The fourth-order valence-electron chi connectivity index (χ4n) is 3.02. The van der Waals surface area contributed by atoms with Crippen molar-refractivity contribution in [3.05, 3.63) is 34.3 Å². The average molecular weight is 296 g/mol. The monoisotopic (exact) mass is 295 g/mol. The van der Waals surface area contributed by atoms with Crippen LogP contribution in [0, 0.1) is 5.92 Å². The predicted molar refractivity (Wildman–Crippen MR) is 77.4 cm³/mol. The minimum absolute atomic E-state index is 0.370. The lowest BCUT2D eigenvalue weighted by atomic mass is 9.69. The summed E-state index contributed by atoms with van der Waals surface area (Å²) in [5.74, 6) is 0.814. The molecule has 1 atom stereocenters. The molecule has 1 unspecified atom stereocenters. The molecule has 1 saturated heterocycles. The van der Waals surface area contributed by atoms with Crippen molar-refractivity contribution >= 4 is 15.9 Å². The molecule has 2 rings (SSSR count). The molecule has 0 aliphatic carbocycles. The number of nitrogens with one attached hydrogen (secondary N) is 1. The van der Waals surface area contributed by atoms with Crippen molar-refractivity contribution in [2.24, 2.45) is 5.92 Å². The third-order valence-electron chi connectivity index (χ3n) is 3.89. The quantitative estimate of drug-likeness (QED) is 0.862. The van der Waals surface area contributed by atoms with E-state index in [4.69, 9.17) is 0 Å². The lowest BCUT2D eigenvalue weighted by Crippen LogP contribution is -2.57. The Balaban J connectivity index is 2.17. The van der Waals surface area contributed by atoms with E-state index in [1.54, 1.807) is 0 Å². The summed E-state index contributed by atoms with van der Waals surface area (Å²) in [7, 11) is 0. The van der Waals surface area contributed by atoms with Gasteiger partial charge in [0.25, 0.3) is 0 Å². The number of rotatable bonds is 5. The van der Waals surface area contributed by atoms with E-state index in [0.717, 1.165) is 19.0 Å². The molecule has 1 heterocycles. The van der Waals surface area contributed by atoms with E-state index in [1.807, 2.05) is 0 Å². The van der Waals surface area contributed by atoms with E-state index in [-0.39, 0.29) is 0 Å². The SMILES string of the molecule is CCCC(C)CC1(c2ccccc2Br)CNC1. The van der Waals surface area contributed by atoms with E-state index in [2.05, 4.69) is 59.4 Å². The first kappa shape index (κ1) is 13.1.